The standard InChI is InChI=1S/C14H23N3O2S/c1-3-10-7-8-11(9(10)2)17-12-5-4-6-13(14(12)15)20(16,18)19/h4-6,9-11,17H,3,7-8,15H2,1-2H3,(H2,16,18,19). The molecule has 1 aliphatic rings. The van der Waals surface area contributed by atoms with Crippen LogP contribution in [-0.4, -0.2) is 14.5 Å². The number of rotatable bonds is 4. The van der Waals surface area contributed by atoms with Gasteiger partial charge in [-0.15, -0.1) is 0 Å². The molecule has 2 rings (SSSR count). The van der Waals surface area contributed by atoms with Gasteiger partial charge in [0.1, 0.15) is 4.90 Å². The SMILES string of the molecule is CCC1CCC(Nc2cccc(S(N)(=O)=O)c2N)C1C. The minimum Gasteiger partial charge on any atom is -0.396 e. The normalized spacial score (nSPS) is 26.6. The van der Waals surface area contributed by atoms with Crippen LogP contribution in [0, 0.1) is 11.8 Å². The van der Waals surface area contributed by atoms with Crippen molar-refractivity contribution in [2.45, 2.75) is 44.0 Å². The Kier molecular flexibility index (Phi) is 4.25. The van der Waals surface area contributed by atoms with Gasteiger partial charge in [-0.1, -0.05) is 26.3 Å². The van der Waals surface area contributed by atoms with Gasteiger partial charge in [0.05, 0.1) is 11.4 Å². The summed E-state index contributed by atoms with van der Waals surface area (Å²) in [6, 6.07) is 5.23. The van der Waals surface area contributed by atoms with Gasteiger partial charge in [0.15, 0.2) is 0 Å². The van der Waals surface area contributed by atoms with Crippen molar-refractivity contribution in [2.75, 3.05) is 11.1 Å². The Labute approximate surface area is 120 Å². The lowest BCUT2D eigenvalue weighted by atomic mass is 9.93. The van der Waals surface area contributed by atoms with Crippen LogP contribution in [0.25, 0.3) is 0 Å². The summed E-state index contributed by atoms with van der Waals surface area (Å²) in [6.07, 6.45) is 3.45. The molecule has 1 fully saturated rings. The van der Waals surface area contributed by atoms with Gasteiger partial charge >= 0.3 is 0 Å². The molecular weight excluding hydrogens is 274 g/mol. The monoisotopic (exact) mass is 297 g/mol. The van der Waals surface area contributed by atoms with Crippen LogP contribution in [0.15, 0.2) is 23.1 Å². The maximum atomic E-state index is 11.5. The van der Waals surface area contributed by atoms with Gasteiger partial charge in [-0.3, -0.25) is 0 Å². The number of anilines is 2. The van der Waals surface area contributed by atoms with E-state index < -0.39 is 10.0 Å². The lowest BCUT2D eigenvalue weighted by Crippen LogP contribution is -2.25. The van der Waals surface area contributed by atoms with E-state index in [1.807, 2.05) is 0 Å². The average Bonchev–Trinajstić information content (AvgIpc) is 2.71. The van der Waals surface area contributed by atoms with E-state index in [4.69, 9.17) is 10.9 Å². The van der Waals surface area contributed by atoms with E-state index >= 15 is 0 Å². The third-order valence-electron chi connectivity index (χ3n) is 4.46. The zero-order chi connectivity index (χ0) is 14.9. The van der Waals surface area contributed by atoms with Crippen LogP contribution in [-0.2, 0) is 10.0 Å². The number of para-hydroxylation sites is 1. The van der Waals surface area contributed by atoms with Crippen LogP contribution in [0.2, 0.25) is 0 Å². The molecule has 5 N–H and O–H groups in total. The molecule has 1 saturated carbocycles. The van der Waals surface area contributed by atoms with Crippen molar-refractivity contribution in [2.24, 2.45) is 17.0 Å². The van der Waals surface area contributed by atoms with E-state index in [9.17, 15) is 8.42 Å². The van der Waals surface area contributed by atoms with E-state index in [-0.39, 0.29) is 10.6 Å². The summed E-state index contributed by atoms with van der Waals surface area (Å²) in [4.78, 5) is -0.0137. The third-order valence-corrected chi connectivity index (χ3v) is 5.43. The molecule has 1 aliphatic carbocycles. The fourth-order valence-corrected chi connectivity index (χ4v) is 3.83. The minimum atomic E-state index is -3.78. The molecule has 0 aliphatic heterocycles. The lowest BCUT2D eigenvalue weighted by Gasteiger charge is -2.23. The molecule has 20 heavy (non-hydrogen) atoms. The first-order valence-electron chi connectivity index (χ1n) is 7.02. The maximum Gasteiger partial charge on any atom is 0.240 e. The summed E-state index contributed by atoms with van der Waals surface area (Å²) in [5, 5.41) is 8.56. The number of benzene rings is 1. The summed E-state index contributed by atoms with van der Waals surface area (Å²) in [5.41, 5.74) is 6.81. The topological polar surface area (TPSA) is 98.2 Å². The van der Waals surface area contributed by atoms with Gasteiger partial charge in [-0.05, 0) is 36.8 Å². The second-order valence-corrected chi connectivity index (χ2v) is 7.15. The Morgan fingerprint density at radius 2 is 2.05 bits per heavy atom. The number of nitrogens with two attached hydrogens (primary N) is 2. The highest BCUT2D eigenvalue weighted by Gasteiger charge is 2.31. The Morgan fingerprint density at radius 3 is 2.60 bits per heavy atom. The molecule has 0 spiro atoms. The van der Waals surface area contributed by atoms with E-state index in [0.29, 0.717) is 17.6 Å². The average molecular weight is 297 g/mol. The van der Waals surface area contributed by atoms with Crippen molar-refractivity contribution in [1.82, 2.24) is 0 Å². The van der Waals surface area contributed by atoms with Crippen molar-refractivity contribution in [1.29, 1.82) is 0 Å². The Bertz CT molecular complexity index is 586. The van der Waals surface area contributed by atoms with E-state index in [2.05, 4.69) is 19.2 Å². The largest absolute Gasteiger partial charge is 0.396 e. The highest BCUT2D eigenvalue weighted by atomic mass is 32.2. The quantitative estimate of drug-likeness (QED) is 0.742. The summed E-state index contributed by atoms with van der Waals surface area (Å²) in [5.74, 6) is 1.27. The number of hydrogen-bond acceptors (Lipinski definition) is 4. The molecule has 1 aromatic rings. The van der Waals surface area contributed by atoms with Crippen molar-refractivity contribution >= 4 is 21.4 Å². The zero-order valence-corrected chi connectivity index (χ0v) is 12.8. The van der Waals surface area contributed by atoms with Gasteiger partial charge in [0.25, 0.3) is 0 Å². The molecule has 0 aromatic heterocycles. The molecule has 3 atom stereocenters. The first-order valence-corrected chi connectivity index (χ1v) is 8.57. The van der Waals surface area contributed by atoms with Crippen LogP contribution >= 0.6 is 0 Å². The van der Waals surface area contributed by atoms with Gasteiger partial charge in [-0.25, -0.2) is 13.6 Å². The Hall–Kier alpha value is -1.27. The second kappa shape index (κ2) is 5.61. The van der Waals surface area contributed by atoms with Gasteiger partial charge in [-0.2, -0.15) is 0 Å². The smallest absolute Gasteiger partial charge is 0.240 e. The molecule has 0 amide bonds. The molecule has 3 unspecified atom stereocenters. The molecule has 1 aromatic carbocycles. The highest BCUT2D eigenvalue weighted by Crippen LogP contribution is 2.37. The predicted octanol–water partition coefficient (Wildman–Crippen LogP) is 2.15. The predicted molar refractivity (Wildman–Crippen MR) is 81.8 cm³/mol. The Morgan fingerprint density at radius 1 is 1.35 bits per heavy atom. The van der Waals surface area contributed by atoms with E-state index in [0.717, 1.165) is 12.3 Å². The third kappa shape index (κ3) is 2.91. The van der Waals surface area contributed by atoms with Crippen LogP contribution in [0.5, 0.6) is 0 Å². The van der Waals surface area contributed by atoms with Crippen molar-refractivity contribution < 1.29 is 8.42 Å². The molecule has 0 bridgehead atoms. The van der Waals surface area contributed by atoms with E-state index in [1.165, 1.54) is 18.9 Å². The van der Waals surface area contributed by atoms with Gasteiger partial charge in [0, 0.05) is 6.04 Å². The van der Waals surface area contributed by atoms with Crippen LogP contribution < -0.4 is 16.2 Å². The zero-order valence-electron chi connectivity index (χ0n) is 12.0. The summed E-state index contributed by atoms with van der Waals surface area (Å²) < 4.78 is 23.0. The molecule has 5 nitrogen and oxygen atoms in total. The molecule has 6 heteroatoms. The minimum absolute atomic E-state index is 0.0137. The Balaban J connectivity index is 2.23. The number of sulfonamides is 1. The second-order valence-electron chi connectivity index (χ2n) is 5.62. The van der Waals surface area contributed by atoms with E-state index in [1.54, 1.807) is 12.1 Å². The van der Waals surface area contributed by atoms with Crippen molar-refractivity contribution in [3.8, 4) is 0 Å². The molecule has 0 heterocycles. The van der Waals surface area contributed by atoms with Crippen molar-refractivity contribution in [3.63, 3.8) is 0 Å². The first kappa shape index (κ1) is 15.1. The summed E-state index contributed by atoms with van der Waals surface area (Å²) in [7, 11) is -3.78. The fourth-order valence-electron chi connectivity index (χ4n) is 3.15. The summed E-state index contributed by atoms with van der Waals surface area (Å²) >= 11 is 0. The number of nitrogens with one attached hydrogen (secondary N) is 1. The number of hydrogen-bond donors (Lipinski definition) is 3. The maximum absolute atomic E-state index is 11.5. The molecular formula is C14H23N3O2S. The first-order chi connectivity index (χ1) is 9.34. The van der Waals surface area contributed by atoms with Gasteiger partial charge in [0.2, 0.25) is 10.0 Å². The summed E-state index contributed by atoms with van der Waals surface area (Å²) in [6.45, 7) is 4.44. The lowest BCUT2D eigenvalue weighted by molar-refractivity contribution is 0.392. The number of nitrogen functional groups attached to an aromatic ring is 1. The van der Waals surface area contributed by atoms with Gasteiger partial charge < -0.3 is 11.1 Å². The van der Waals surface area contributed by atoms with Crippen molar-refractivity contribution in [3.05, 3.63) is 18.2 Å². The fraction of sp³-hybridized carbons (Fsp3) is 0.571. The molecule has 112 valence electrons. The molecule has 0 saturated heterocycles. The van der Waals surface area contributed by atoms with Crippen LogP contribution in [0.1, 0.15) is 33.1 Å². The van der Waals surface area contributed by atoms with Crippen LogP contribution in [0.3, 0.4) is 0 Å². The van der Waals surface area contributed by atoms with Crippen LogP contribution in [0.4, 0.5) is 11.4 Å². The number of primary sulfonamides is 1. The molecule has 0 radical (unpaired) electrons. The highest BCUT2D eigenvalue weighted by molar-refractivity contribution is 7.89.